The predicted octanol–water partition coefficient (Wildman–Crippen LogP) is 2.34. The van der Waals surface area contributed by atoms with Crippen LogP contribution in [0.4, 0.5) is 4.79 Å². The zero-order valence-electron chi connectivity index (χ0n) is 16.6. The maximum absolute atomic E-state index is 12.7. The molecule has 4 rings (SSSR count). The Morgan fingerprint density at radius 2 is 1.73 bits per heavy atom. The summed E-state index contributed by atoms with van der Waals surface area (Å²) in [7, 11) is 0. The maximum atomic E-state index is 12.7. The molecule has 3 heterocycles. The second kappa shape index (κ2) is 6.97. The van der Waals surface area contributed by atoms with Crippen molar-refractivity contribution in [2.45, 2.75) is 39.3 Å². The van der Waals surface area contributed by atoms with E-state index in [2.05, 4.69) is 5.16 Å². The summed E-state index contributed by atoms with van der Waals surface area (Å²) in [5.41, 5.74) is -0.218. The Hall–Kier alpha value is -3.69. The fourth-order valence-electron chi connectivity index (χ4n) is 3.23. The van der Waals surface area contributed by atoms with Gasteiger partial charge in [-0.2, -0.15) is 0 Å². The van der Waals surface area contributed by atoms with Gasteiger partial charge in [0.1, 0.15) is 11.4 Å². The van der Waals surface area contributed by atoms with Gasteiger partial charge in [0.15, 0.2) is 5.69 Å². The third kappa shape index (κ3) is 3.40. The van der Waals surface area contributed by atoms with Gasteiger partial charge < -0.3 is 19.0 Å². The van der Waals surface area contributed by atoms with Gasteiger partial charge in [-0.05, 0) is 32.9 Å². The molecule has 0 atom stereocenters. The third-order valence-corrected chi connectivity index (χ3v) is 4.60. The Labute approximate surface area is 171 Å². The molecule has 0 unspecified atom stereocenters. The molecule has 0 aliphatic carbocycles. The van der Waals surface area contributed by atoms with Crippen LogP contribution in [-0.4, -0.2) is 51.1 Å². The second-order valence-electron chi connectivity index (χ2n) is 7.91. The number of ether oxygens (including phenoxy) is 1. The molecule has 10 nitrogen and oxygen atoms in total. The number of benzene rings is 1. The number of hydrogen-bond acceptors (Lipinski definition) is 8. The highest BCUT2D eigenvalue weighted by atomic mass is 16.7. The molecular formula is C20H19N3O7. The molecule has 0 bridgehead atoms. The average molecular weight is 413 g/mol. The van der Waals surface area contributed by atoms with E-state index in [1.807, 2.05) is 0 Å². The number of imide groups is 1. The summed E-state index contributed by atoms with van der Waals surface area (Å²) >= 11 is 0. The van der Waals surface area contributed by atoms with Gasteiger partial charge in [-0.1, -0.05) is 22.4 Å². The zero-order valence-corrected chi connectivity index (χ0v) is 16.6. The van der Waals surface area contributed by atoms with Gasteiger partial charge in [-0.3, -0.25) is 9.59 Å². The van der Waals surface area contributed by atoms with Gasteiger partial charge in [-0.15, -0.1) is 0 Å². The van der Waals surface area contributed by atoms with Gasteiger partial charge in [0.2, 0.25) is 0 Å². The van der Waals surface area contributed by atoms with Crippen molar-refractivity contribution in [3.63, 3.8) is 0 Å². The number of hydroxylamine groups is 2. The van der Waals surface area contributed by atoms with Crippen molar-refractivity contribution in [1.82, 2.24) is 15.1 Å². The van der Waals surface area contributed by atoms with Crippen LogP contribution >= 0.6 is 0 Å². The number of aromatic nitrogens is 1. The number of nitrogens with zero attached hydrogens (tertiary/aromatic N) is 3. The summed E-state index contributed by atoms with van der Waals surface area (Å²) < 4.78 is 10.6. The summed E-state index contributed by atoms with van der Waals surface area (Å²) in [4.78, 5) is 56.3. The Bertz CT molecular complexity index is 1030. The van der Waals surface area contributed by atoms with E-state index < -0.39 is 29.5 Å². The fraction of sp³-hybridized carbons (Fsp3) is 0.350. The summed E-state index contributed by atoms with van der Waals surface area (Å²) in [5.74, 6) is -2.07. The number of fused-ring (bicyclic) bond motifs is 2. The van der Waals surface area contributed by atoms with E-state index in [-0.39, 0.29) is 23.4 Å². The van der Waals surface area contributed by atoms with Crippen molar-refractivity contribution in [2.75, 3.05) is 6.54 Å². The third-order valence-electron chi connectivity index (χ3n) is 4.60. The van der Waals surface area contributed by atoms with Crippen LogP contribution in [-0.2, 0) is 22.5 Å². The highest BCUT2D eigenvalue weighted by Crippen LogP contribution is 2.27. The molecule has 10 heteroatoms. The van der Waals surface area contributed by atoms with Gasteiger partial charge >= 0.3 is 12.1 Å². The lowest BCUT2D eigenvalue weighted by Crippen LogP contribution is -2.40. The van der Waals surface area contributed by atoms with Crippen LogP contribution in [0.1, 0.15) is 63.3 Å². The van der Waals surface area contributed by atoms with Crippen molar-refractivity contribution in [3.8, 4) is 0 Å². The minimum Gasteiger partial charge on any atom is -0.444 e. The predicted molar refractivity (Wildman–Crippen MR) is 99.2 cm³/mol. The number of hydrogen-bond donors (Lipinski definition) is 0. The van der Waals surface area contributed by atoms with E-state index in [9.17, 15) is 19.2 Å². The van der Waals surface area contributed by atoms with Gasteiger partial charge in [0, 0.05) is 18.5 Å². The Morgan fingerprint density at radius 3 is 2.33 bits per heavy atom. The summed E-state index contributed by atoms with van der Waals surface area (Å²) in [5, 5.41) is 4.14. The van der Waals surface area contributed by atoms with Crippen molar-refractivity contribution in [2.24, 2.45) is 0 Å². The summed E-state index contributed by atoms with van der Waals surface area (Å²) in [6.07, 6.45) is -0.198. The maximum Gasteiger partial charge on any atom is 0.410 e. The van der Waals surface area contributed by atoms with Gasteiger partial charge in [0.25, 0.3) is 11.8 Å². The highest BCUT2D eigenvalue weighted by molar-refractivity contribution is 6.21. The monoisotopic (exact) mass is 413 g/mol. The van der Waals surface area contributed by atoms with Crippen LogP contribution in [0.2, 0.25) is 0 Å². The number of amides is 3. The van der Waals surface area contributed by atoms with Crippen molar-refractivity contribution < 1.29 is 33.3 Å². The summed E-state index contributed by atoms with van der Waals surface area (Å²) in [6.45, 7) is 5.63. The van der Waals surface area contributed by atoms with Crippen molar-refractivity contribution >= 4 is 23.9 Å². The molecule has 2 aliphatic heterocycles. The van der Waals surface area contributed by atoms with E-state index >= 15 is 0 Å². The van der Waals surface area contributed by atoms with Gasteiger partial charge in [0.05, 0.1) is 17.7 Å². The molecule has 0 radical (unpaired) electrons. The molecule has 2 aromatic rings. The standard InChI is InChI=1S/C20H19N3O7/c1-20(2,3)28-19(27)22-9-8-14-13(10-22)15(21-29-14)18(26)30-23-16(24)11-6-4-5-7-12(11)17(23)25/h4-7H,8-10H2,1-3H3. The second-order valence-corrected chi connectivity index (χ2v) is 7.91. The quantitative estimate of drug-likeness (QED) is 0.688. The van der Waals surface area contributed by atoms with Crippen LogP contribution < -0.4 is 0 Å². The van der Waals surface area contributed by atoms with E-state index in [0.717, 1.165) is 0 Å². The molecule has 2 aliphatic rings. The largest absolute Gasteiger partial charge is 0.444 e. The Morgan fingerprint density at radius 1 is 1.10 bits per heavy atom. The number of rotatable bonds is 2. The van der Waals surface area contributed by atoms with Crippen LogP contribution in [0.3, 0.4) is 0 Å². The Balaban J connectivity index is 1.51. The fourth-order valence-corrected chi connectivity index (χ4v) is 3.23. The molecular weight excluding hydrogens is 394 g/mol. The first-order valence-electron chi connectivity index (χ1n) is 9.31. The van der Waals surface area contributed by atoms with E-state index in [1.54, 1.807) is 32.9 Å². The molecule has 3 amide bonds. The SMILES string of the molecule is CC(C)(C)OC(=O)N1CCc2onc(C(=O)ON3C(=O)c4ccccc4C3=O)c2C1. The average Bonchev–Trinajstić information content (AvgIpc) is 3.21. The molecule has 0 saturated heterocycles. The van der Waals surface area contributed by atoms with Crippen molar-refractivity contribution in [1.29, 1.82) is 0 Å². The molecule has 1 aromatic heterocycles. The van der Waals surface area contributed by atoms with Crippen LogP contribution in [0.25, 0.3) is 0 Å². The van der Waals surface area contributed by atoms with Crippen molar-refractivity contribution in [3.05, 3.63) is 52.4 Å². The van der Waals surface area contributed by atoms with E-state index in [4.69, 9.17) is 14.1 Å². The highest BCUT2D eigenvalue weighted by Gasteiger charge is 2.40. The minimum atomic E-state index is -1.03. The molecule has 0 fully saturated rings. The Kier molecular flexibility index (Phi) is 4.56. The minimum absolute atomic E-state index is 0.0281. The lowest BCUT2D eigenvalue weighted by molar-refractivity contribution is -0.0591. The van der Waals surface area contributed by atoms with Crippen LogP contribution in [0.15, 0.2) is 28.8 Å². The lowest BCUT2D eigenvalue weighted by Gasteiger charge is -2.29. The molecule has 0 saturated carbocycles. The van der Waals surface area contributed by atoms with Gasteiger partial charge in [-0.25, -0.2) is 9.59 Å². The first kappa shape index (κ1) is 19.6. The first-order chi connectivity index (χ1) is 14.2. The first-order valence-corrected chi connectivity index (χ1v) is 9.31. The zero-order chi connectivity index (χ0) is 21.6. The topological polar surface area (TPSA) is 119 Å². The lowest BCUT2D eigenvalue weighted by atomic mass is 10.1. The number of carbonyl (C=O) groups is 4. The van der Waals surface area contributed by atoms with E-state index in [0.29, 0.717) is 29.4 Å². The normalized spacial score (nSPS) is 15.7. The molecule has 30 heavy (non-hydrogen) atoms. The van der Waals surface area contributed by atoms with Crippen LogP contribution in [0, 0.1) is 0 Å². The van der Waals surface area contributed by atoms with Crippen LogP contribution in [0.5, 0.6) is 0 Å². The van der Waals surface area contributed by atoms with E-state index in [1.165, 1.54) is 17.0 Å². The molecule has 0 spiro atoms. The molecule has 0 N–H and O–H groups in total. The molecule has 1 aromatic carbocycles. The molecule has 156 valence electrons. The summed E-state index contributed by atoms with van der Waals surface area (Å²) in [6, 6.07) is 6.16. The smallest absolute Gasteiger partial charge is 0.410 e. The number of carbonyl (C=O) groups excluding carboxylic acids is 4.